The standard InChI is InChI=1S/C9H8OS/c1-7-4-5-8(10-7)9-3-2-6-11-9/h2-6H,1H3. The zero-order chi connectivity index (χ0) is 7.68. The minimum absolute atomic E-state index is 0.966. The molecule has 0 spiro atoms. The molecule has 2 heteroatoms. The van der Waals surface area contributed by atoms with Gasteiger partial charge < -0.3 is 4.42 Å². The quantitative estimate of drug-likeness (QED) is 0.630. The molecule has 0 aliphatic rings. The van der Waals surface area contributed by atoms with Crippen LogP contribution in [0.3, 0.4) is 0 Å². The summed E-state index contributed by atoms with van der Waals surface area (Å²) in [6.45, 7) is 1.96. The second-order valence-corrected chi connectivity index (χ2v) is 3.34. The molecule has 0 atom stereocenters. The van der Waals surface area contributed by atoms with E-state index >= 15 is 0 Å². The molecule has 56 valence electrons. The molecule has 2 heterocycles. The lowest BCUT2D eigenvalue weighted by atomic mass is 10.4. The molecule has 2 aromatic rings. The van der Waals surface area contributed by atoms with E-state index in [9.17, 15) is 0 Å². The fraction of sp³-hybridized carbons (Fsp3) is 0.111. The number of thiophene rings is 1. The van der Waals surface area contributed by atoms with Crippen LogP contribution in [0.15, 0.2) is 34.1 Å². The van der Waals surface area contributed by atoms with Crippen molar-refractivity contribution < 1.29 is 4.42 Å². The van der Waals surface area contributed by atoms with Crippen molar-refractivity contribution in [1.82, 2.24) is 0 Å². The highest BCUT2D eigenvalue weighted by Gasteiger charge is 2.01. The van der Waals surface area contributed by atoms with E-state index in [0.29, 0.717) is 0 Å². The van der Waals surface area contributed by atoms with Gasteiger partial charge in [-0.15, -0.1) is 11.3 Å². The lowest BCUT2D eigenvalue weighted by molar-refractivity contribution is 0.549. The summed E-state index contributed by atoms with van der Waals surface area (Å²) in [7, 11) is 0. The molecular weight excluding hydrogens is 156 g/mol. The highest BCUT2D eigenvalue weighted by molar-refractivity contribution is 7.13. The number of hydrogen-bond donors (Lipinski definition) is 0. The summed E-state index contributed by atoms with van der Waals surface area (Å²) < 4.78 is 5.44. The number of rotatable bonds is 1. The van der Waals surface area contributed by atoms with Gasteiger partial charge in [0.05, 0.1) is 4.88 Å². The molecule has 0 fully saturated rings. The fourth-order valence-electron chi connectivity index (χ4n) is 0.986. The first-order valence-electron chi connectivity index (χ1n) is 3.46. The van der Waals surface area contributed by atoms with Gasteiger partial charge in [0, 0.05) is 0 Å². The summed E-state index contributed by atoms with van der Waals surface area (Å²) in [5, 5.41) is 2.05. The normalized spacial score (nSPS) is 10.3. The maximum Gasteiger partial charge on any atom is 0.144 e. The van der Waals surface area contributed by atoms with Crippen molar-refractivity contribution in [2.45, 2.75) is 6.92 Å². The molecule has 0 bridgehead atoms. The minimum atomic E-state index is 0.966. The molecule has 2 rings (SSSR count). The van der Waals surface area contributed by atoms with Gasteiger partial charge in [-0.1, -0.05) is 6.07 Å². The fourth-order valence-corrected chi connectivity index (χ4v) is 1.67. The maximum absolute atomic E-state index is 5.44. The first kappa shape index (κ1) is 6.68. The summed E-state index contributed by atoms with van der Waals surface area (Å²) in [5.41, 5.74) is 0. The molecule has 0 saturated heterocycles. The monoisotopic (exact) mass is 164 g/mol. The van der Waals surface area contributed by atoms with Crippen molar-refractivity contribution in [3.05, 3.63) is 35.4 Å². The Bertz CT molecular complexity index is 332. The molecule has 2 aromatic heterocycles. The molecular formula is C9H8OS. The topological polar surface area (TPSA) is 13.1 Å². The smallest absolute Gasteiger partial charge is 0.144 e. The van der Waals surface area contributed by atoms with E-state index in [2.05, 4.69) is 6.07 Å². The summed E-state index contributed by atoms with van der Waals surface area (Å²) in [6, 6.07) is 8.07. The van der Waals surface area contributed by atoms with Crippen LogP contribution in [0.1, 0.15) is 5.76 Å². The van der Waals surface area contributed by atoms with Crippen LogP contribution in [-0.2, 0) is 0 Å². The largest absolute Gasteiger partial charge is 0.461 e. The Morgan fingerprint density at radius 1 is 1.27 bits per heavy atom. The van der Waals surface area contributed by atoms with Crippen molar-refractivity contribution in [1.29, 1.82) is 0 Å². The highest BCUT2D eigenvalue weighted by atomic mass is 32.1. The second kappa shape index (κ2) is 2.55. The third kappa shape index (κ3) is 1.21. The van der Waals surface area contributed by atoms with E-state index in [4.69, 9.17) is 4.42 Å². The average Bonchev–Trinajstić information content (AvgIpc) is 2.55. The van der Waals surface area contributed by atoms with Gasteiger partial charge in [-0.05, 0) is 30.5 Å². The molecule has 0 aliphatic carbocycles. The van der Waals surface area contributed by atoms with Crippen molar-refractivity contribution in [2.24, 2.45) is 0 Å². The molecule has 0 unspecified atom stereocenters. The van der Waals surface area contributed by atoms with Gasteiger partial charge in [0.1, 0.15) is 11.5 Å². The first-order chi connectivity index (χ1) is 5.36. The van der Waals surface area contributed by atoms with Crippen LogP contribution in [0.5, 0.6) is 0 Å². The molecule has 0 amide bonds. The van der Waals surface area contributed by atoms with Crippen molar-refractivity contribution in [3.8, 4) is 10.6 Å². The molecule has 0 N–H and O–H groups in total. The first-order valence-corrected chi connectivity index (χ1v) is 4.34. The second-order valence-electron chi connectivity index (χ2n) is 2.39. The summed E-state index contributed by atoms with van der Waals surface area (Å²) in [5.74, 6) is 1.94. The third-order valence-electron chi connectivity index (χ3n) is 1.50. The zero-order valence-corrected chi connectivity index (χ0v) is 7.02. The van der Waals surface area contributed by atoms with Crippen LogP contribution < -0.4 is 0 Å². The minimum Gasteiger partial charge on any atom is -0.461 e. The molecule has 11 heavy (non-hydrogen) atoms. The Hall–Kier alpha value is -1.02. The predicted molar refractivity (Wildman–Crippen MR) is 46.8 cm³/mol. The third-order valence-corrected chi connectivity index (χ3v) is 2.39. The maximum atomic E-state index is 5.44. The number of aryl methyl sites for hydroxylation is 1. The van der Waals surface area contributed by atoms with Gasteiger partial charge in [-0.25, -0.2) is 0 Å². The van der Waals surface area contributed by atoms with Gasteiger partial charge in [-0.2, -0.15) is 0 Å². The van der Waals surface area contributed by atoms with Crippen molar-refractivity contribution in [3.63, 3.8) is 0 Å². The van der Waals surface area contributed by atoms with Crippen molar-refractivity contribution in [2.75, 3.05) is 0 Å². The van der Waals surface area contributed by atoms with E-state index < -0.39 is 0 Å². The number of hydrogen-bond acceptors (Lipinski definition) is 2. The van der Waals surface area contributed by atoms with Crippen LogP contribution in [-0.4, -0.2) is 0 Å². The SMILES string of the molecule is Cc1ccc(-c2cccs2)o1. The summed E-state index contributed by atoms with van der Waals surface area (Å²) >= 11 is 1.70. The van der Waals surface area contributed by atoms with Gasteiger partial charge in [0.15, 0.2) is 0 Å². The Morgan fingerprint density at radius 2 is 2.18 bits per heavy atom. The molecule has 0 saturated carbocycles. The lowest BCUT2D eigenvalue weighted by Crippen LogP contribution is -1.60. The Balaban J connectivity index is 2.45. The van der Waals surface area contributed by atoms with E-state index in [0.717, 1.165) is 11.5 Å². The van der Waals surface area contributed by atoms with Gasteiger partial charge >= 0.3 is 0 Å². The van der Waals surface area contributed by atoms with Crippen LogP contribution in [0.25, 0.3) is 10.6 Å². The van der Waals surface area contributed by atoms with Gasteiger partial charge in [-0.3, -0.25) is 0 Å². The molecule has 1 nitrogen and oxygen atoms in total. The Morgan fingerprint density at radius 3 is 2.73 bits per heavy atom. The van der Waals surface area contributed by atoms with E-state index in [1.807, 2.05) is 30.5 Å². The van der Waals surface area contributed by atoms with Crippen LogP contribution in [0.2, 0.25) is 0 Å². The van der Waals surface area contributed by atoms with E-state index in [-0.39, 0.29) is 0 Å². The number of furan rings is 1. The highest BCUT2D eigenvalue weighted by Crippen LogP contribution is 2.25. The predicted octanol–water partition coefficient (Wildman–Crippen LogP) is 3.32. The zero-order valence-electron chi connectivity index (χ0n) is 6.20. The summed E-state index contributed by atoms with van der Waals surface area (Å²) in [6.07, 6.45) is 0. The van der Waals surface area contributed by atoms with Crippen LogP contribution in [0.4, 0.5) is 0 Å². The lowest BCUT2D eigenvalue weighted by Gasteiger charge is -1.87. The molecule has 0 aliphatic heterocycles. The Labute approximate surface area is 69.3 Å². The van der Waals surface area contributed by atoms with E-state index in [1.54, 1.807) is 11.3 Å². The molecule has 0 radical (unpaired) electrons. The van der Waals surface area contributed by atoms with Crippen LogP contribution in [0, 0.1) is 6.92 Å². The molecule has 0 aromatic carbocycles. The average molecular weight is 164 g/mol. The van der Waals surface area contributed by atoms with Crippen LogP contribution >= 0.6 is 11.3 Å². The van der Waals surface area contributed by atoms with Crippen molar-refractivity contribution >= 4 is 11.3 Å². The summed E-state index contributed by atoms with van der Waals surface area (Å²) in [4.78, 5) is 1.19. The van der Waals surface area contributed by atoms with E-state index in [1.165, 1.54) is 4.88 Å². The Kier molecular flexibility index (Phi) is 1.55. The van der Waals surface area contributed by atoms with Gasteiger partial charge in [0.25, 0.3) is 0 Å². The van der Waals surface area contributed by atoms with Gasteiger partial charge in [0.2, 0.25) is 0 Å².